The molecule has 4 N–H and O–H groups in total. The molecule has 0 heterocycles. The number of rotatable bonds is 10. The summed E-state index contributed by atoms with van der Waals surface area (Å²) in [5.41, 5.74) is 6.14. The standard InChI is InChI=1S/C16H23N3O4S/c1-24-10-8-13(19-16(17)22)15(21)23-11-14(20)18-9-7-12-5-3-2-4-6-12/h2-6,13H,7-11H2,1H3,(H,18,20)(H3,17,19,22)/t13-/m0/s1. The van der Waals surface area contributed by atoms with Crippen molar-refractivity contribution in [3.63, 3.8) is 0 Å². The molecule has 1 aromatic carbocycles. The highest BCUT2D eigenvalue weighted by Gasteiger charge is 2.21. The van der Waals surface area contributed by atoms with E-state index >= 15 is 0 Å². The van der Waals surface area contributed by atoms with Crippen molar-refractivity contribution in [1.29, 1.82) is 0 Å². The molecule has 1 atom stereocenters. The van der Waals surface area contributed by atoms with Gasteiger partial charge in [-0.15, -0.1) is 0 Å². The molecule has 1 aromatic rings. The summed E-state index contributed by atoms with van der Waals surface area (Å²) in [5.74, 6) is -0.397. The van der Waals surface area contributed by atoms with Crippen molar-refractivity contribution >= 4 is 29.7 Å². The largest absolute Gasteiger partial charge is 0.454 e. The number of carbonyl (C=O) groups is 3. The number of amides is 3. The number of carbonyl (C=O) groups excluding carboxylic acids is 3. The molecule has 0 fully saturated rings. The first-order valence-electron chi connectivity index (χ1n) is 7.55. The first-order valence-corrected chi connectivity index (χ1v) is 8.94. The fourth-order valence-corrected chi connectivity index (χ4v) is 2.41. The summed E-state index contributed by atoms with van der Waals surface area (Å²) >= 11 is 1.53. The number of nitrogens with two attached hydrogens (primary N) is 1. The maximum atomic E-state index is 11.9. The Balaban J connectivity index is 2.30. The van der Waals surface area contributed by atoms with Crippen molar-refractivity contribution < 1.29 is 19.1 Å². The highest BCUT2D eigenvalue weighted by molar-refractivity contribution is 7.98. The van der Waals surface area contributed by atoms with Gasteiger partial charge >= 0.3 is 12.0 Å². The van der Waals surface area contributed by atoms with Crippen LogP contribution in [0.5, 0.6) is 0 Å². The normalized spacial score (nSPS) is 11.4. The number of esters is 1. The molecule has 0 spiro atoms. The molecule has 1 rings (SSSR count). The zero-order chi connectivity index (χ0) is 17.8. The number of thioether (sulfide) groups is 1. The second kappa shape index (κ2) is 11.3. The fraction of sp³-hybridized carbons (Fsp3) is 0.438. The third kappa shape index (κ3) is 8.42. The molecule has 0 saturated carbocycles. The van der Waals surface area contributed by atoms with Crippen molar-refractivity contribution in [3.8, 4) is 0 Å². The molecular formula is C16H23N3O4S. The summed E-state index contributed by atoms with van der Waals surface area (Å²) in [4.78, 5) is 34.5. The topological polar surface area (TPSA) is 111 Å². The molecular weight excluding hydrogens is 330 g/mol. The Kier molecular flexibility index (Phi) is 9.36. The lowest BCUT2D eigenvalue weighted by molar-refractivity contribution is -0.150. The van der Waals surface area contributed by atoms with E-state index in [-0.39, 0.29) is 12.5 Å². The molecule has 132 valence electrons. The lowest BCUT2D eigenvalue weighted by atomic mass is 10.1. The molecule has 7 nitrogen and oxygen atoms in total. The van der Waals surface area contributed by atoms with Crippen molar-refractivity contribution in [2.75, 3.05) is 25.2 Å². The van der Waals surface area contributed by atoms with Gasteiger partial charge < -0.3 is 21.1 Å². The minimum absolute atomic E-state index is 0.385. The van der Waals surface area contributed by atoms with Crippen LogP contribution in [0.15, 0.2) is 30.3 Å². The van der Waals surface area contributed by atoms with E-state index in [9.17, 15) is 14.4 Å². The van der Waals surface area contributed by atoms with Gasteiger partial charge in [-0.3, -0.25) is 4.79 Å². The van der Waals surface area contributed by atoms with Gasteiger partial charge in [-0.25, -0.2) is 9.59 Å². The number of benzene rings is 1. The Morgan fingerprint density at radius 3 is 2.58 bits per heavy atom. The zero-order valence-corrected chi connectivity index (χ0v) is 14.4. The maximum absolute atomic E-state index is 11.9. The number of hydrogen-bond donors (Lipinski definition) is 3. The summed E-state index contributed by atoms with van der Waals surface area (Å²) in [5, 5.41) is 5.00. The third-order valence-corrected chi connectivity index (χ3v) is 3.78. The van der Waals surface area contributed by atoms with E-state index < -0.39 is 18.0 Å². The van der Waals surface area contributed by atoms with Gasteiger partial charge in [0.15, 0.2) is 6.61 Å². The fourth-order valence-electron chi connectivity index (χ4n) is 1.94. The van der Waals surface area contributed by atoms with Gasteiger partial charge in [0.2, 0.25) is 0 Å². The second-order valence-electron chi connectivity index (χ2n) is 5.04. The Morgan fingerprint density at radius 1 is 1.25 bits per heavy atom. The van der Waals surface area contributed by atoms with Crippen LogP contribution in [-0.4, -0.2) is 49.1 Å². The number of primary amides is 1. The highest BCUT2D eigenvalue weighted by atomic mass is 32.2. The van der Waals surface area contributed by atoms with Crippen molar-refractivity contribution in [2.45, 2.75) is 18.9 Å². The van der Waals surface area contributed by atoms with Gasteiger partial charge in [-0.05, 0) is 30.4 Å². The molecule has 0 saturated heterocycles. The summed E-state index contributed by atoms with van der Waals surface area (Å²) in [6.45, 7) is 0.0691. The molecule has 8 heteroatoms. The van der Waals surface area contributed by atoms with E-state index in [4.69, 9.17) is 10.5 Å². The Hall–Kier alpha value is -2.22. The monoisotopic (exact) mass is 353 g/mol. The summed E-state index contributed by atoms with van der Waals surface area (Å²) in [6, 6.07) is 8.08. The summed E-state index contributed by atoms with van der Waals surface area (Å²) < 4.78 is 4.94. The SMILES string of the molecule is CSCC[C@H](NC(N)=O)C(=O)OCC(=O)NCCc1ccccc1. The predicted octanol–water partition coefficient (Wildman–Crippen LogP) is 0.679. The Labute approximate surface area is 145 Å². The van der Waals surface area contributed by atoms with Crippen LogP contribution < -0.4 is 16.4 Å². The van der Waals surface area contributed by atoms with Gasteiger partial charge in [-0.1, -0.05) is 30.3 Å². The van der Waals surface area contributed by atoms with E-state index in [2.05, 4.69) is 10.6 Å². The second-order valence-corrected chi connectivity index (χ2v) is 6.02. The first-order chi connectivity index (χ1) is 11.5. The van der Waals surface area contributed by atoms with E-state index in [0.717, 1.165) is 5.56 Å². The van der Waals surface area contributed by atoms with E-state index in [1.807, 2.05) is 36.6 Å². The number of nitrogens with one attached hydrogen (secondary N) is 2. The average molecular weight is 353 g/mol. The minimum atomic E-state index is -0.841. The van der Waals surface area contributed by atoms with Crippen LogP contribution in [0.1, 0.15) is 12.0 Å². The number of hydrogen-bond acceptors (Lipinski definition) is 5. The summed E-state index contributed by atoms with van der Waals surface area (Å²) in [7, 11) is 0. The van der Waals surface area contributed by atoms with Gasteiger partial charge in [0.25, 0.3) is 5.91 Å². The number of urea groups is 1. The Bertz CT molecular complexity index is 539. The van der Waals surface area contributed by atoms with Crippen LogP contribution in [0.4, 0.5) is 4.79 Å². The highest BCUT2D eigenvalue weighted by Crippen LogP contribution is 2.03. The molecule has 0 aliphatic rings. The molecule has 0 aromatic heterocycles. The van der Waals surface area contributed by atoms with Crippen molar-refractivity contribution in [3.05, 3.63) is 35.9 Å². The van der Waals surface area contributed by atoms with Crippen LogP contribution in [0, 0.1) is 0 Å². The van der Waals surface area contributed by atoms with Crippen LogP contribution in [-0.2, 0) is 20.7 Å². The molecule has 0 unspecified atom stereocenters. The Morgan fingerprint density at radius 2 is 1.96 bits per heavy atom. The molecule has 0 radical (unpaired) electrons. The molecule has 3 amide bonds. The molecule has 0 aliphatic heterocycles. The van der Waals surface area contributed by atoms with Crippen LogP contribution >= 0.6 is 11.8 Å². The van der Waals surface area contributed by atoms with Gasteiger partial charge in [0, 0.05) is 6.54 Å². The van der Waals surface area contributed by atoms with Gasteiger partial charge in [0.05, 0.1) is 0 Å². The predicted molar refractivity (Wildman–Crippen MR) is 93.6 cm³/mol. The lowest BCUT2D eigenvalue weighted by Crippen LogP contribution is -2.45. The average Bonchev–Trinajstić information content (AvgIpc) is 2.57. The van der Waals surface area contributed by atoms with E-state index in [0.29, 0.717) is 25.1 Å². The molecule has 24 heavy (non-hydrogen) atoms. The van der Waals surface area contributed by atoms with Crippen LogP contribution in [0.2, 0.25) is 0 Å². The first kappa shape index (κ1) is 19.8. The quantitative estimate of drug-likeness (QED) is 0.536. The minimum Gasteiger partial charge on any atom is -0.454 e. The summed E-state index contributed by atoms with van der Waals surface area (Å²) in [6.07, 6.45) is 2.96. The lowest BCUT2D eigenvalue weighted by Gasteiger charge is -2.15. The van der Waals surface area contributed by atoms with Crippen molar-refractivity contribution in [1.82, 2.24) is 10.6 Å². The van der Waals surface area contributed by atoms with E-state index in [1.54, 1.807) is 0 Å². The van der Waals surface area contributed by atoms with Crippen LogP contribution in [0.25, 0.3) is 0 Å². The molecule has 0 aliphatic carbocycles. The maximum Gasteiger partial charge on any atom is 0.329 e. The third-order valence-electron chi connectivity index (χ3n) is 3.14. The van der Waals surface area contributed by atoms with Crippen molar-refractivity contribution in [2.24, 2.45) is 5.73 Å². The van der Waals surface area contributed by atoms with E-state index in [1.165, 1.54) is 11.8 Å². The van der Waals surface area contributed by atoms with Crippen LogP contribution in [0.3, 0.4) is 0 Å². The number of ether oxygens (including phenoxy) is 1. The van der Waals surface area contributed by atoms with Gasteiger partial charge in [-0.2, -0.15) is 11.8 Å². The zero-order valence-electron chi connectivity index (χ0n) is 13.6. The van der Waals surface area contributed by atoms with Gasteiger partial charge in [0.1, 0.15) is 6.04 Å². The molecule has 0 bridgehead atoms. The smallest absolute Gasteiger partial charge is 0.329 e.